The zero-order chi connectivity index (χ0) is 13.2. The summed E-state index contributed by atoms with van der Waals surface area (Å²) in [7, 11) is 0. The lowest BCUT2D eigenvalue weighted by molar-refractivity contribution is 0.348. The molecule has 0 saturated heterocycles. The van der Waals surface area contributed by atoms with Crippen molar-refractivity contribution in [2.24, 2.45) is 5.41 Å². The first-order valence-electron chi connectivity index (χ1n) is 6.56. The van der Waals surface area contributed by atoms with Crippen LogP contribution in [0.15, 0.2) is 42.7 Å². The summed E-state index contributed by atoms with van der Waals surface area (Å²) < 4.78 is 1.95. The average molecular weight is 242 g/mol. The van der Waals surface area contributed by atoms with E-state index in [9.17, 15) is 0 Å². The van der Waals surface area contributed by atoms with Gasteiger partial charge in [0.25, 0.3) is 0 Å². The highest BCUT2D eigenvalue weighted by Crippen LogP contribution is 2.33. The topological polar surface area (TPSA) is 17.8 Å². The van der Waals surface area contributed by atoms with Gasteiger partial charge >= 0.3 is 0 Å². The molecule has 1 aromatic carbocycles. The third-order valence-electron chi connectivity index (χ3n) is 3.14. The van der Waals surface area contributed by atoms with Crippen molar-refractivity contribution in [3.8, 4) is 5.69 Å². The van der Waals surface area contributed by atoms with E-state index in [1.165, 1.54) is 17.7 Å². The predicted molar refractivity (Wildman–Crippen MR) is 76.1 cm³/mol. The zero-order valence-corrected chi connectivity index (χ0v) is 11.7. The first-order valence-corrected chi connectivity index (χ1v) is 6.56. The van der Waals surface area contributed by atoms with Crippen LogP contribution in [0.25, 0.3) is 5.69 Å². The van der Waals surface area contributed by atoms with Crippen molar-refractivity contribution in [3.05, 3.63) is 48.3 Å². The molecular formula is C16H22N2. The van der Waals surface area contributed by atoms with E-state index in [0.717, 1.165) is 0 Å². The highest BCUT2D eigenvalue weighted by atomic mass is 15.3. The molecule has 2 nitrogen and oxygen atoms in total. The van der Waals surface area contributed by atoms with Crippen LogP contribution < -0.4 is 0 Å². The number of rotatable bonds is 3. The lowest BCUT2D eigenvalue weighted by atomic mass is 9.82. The standard InChI is InChI=1S/C16H22N2/c1-13(12-16(2,3)4)14-8-5-6-9-15(14)18-11-7-10-17-18/h5-11,13H,12H2,1-4H3. The molecule has 1 unspecified atom stereocenters. The van der Waals surface area contributed by atoms with Crippen LogP contribution in [0.3, 0.4) is 0 Å². The van der Waals surface area contributed by atoms with Gasteiger partial charge in [0, 0.05) is 12.4 Å². The van der Waals surface area contributed by atoms with Crippen molar-refractivity contribution in [1.29, 1.82) is 0 Å². The van der Waals surface area contributed by atoms with Gasteiger partial charge in [0.05, 0.1) is 5.69 Å². The SMILES string of the molecule is CC(CC(C)(C)C)c1ccccc1-n1cccn1. The Bertz CT molecular complexity index is 492. The molecule has 0 aliphatic rings. The Hall–Kier alpha value is -1.57. The van der Waals surface area contributed by atoms with Gasteiger partial charge in [-0.3, -0.25) is 0 Å². The van der Waals surface area contributed by atoms with E-state index < -0.39 is 0 Å². The molecule has 0 N–H and O–H groups in total. The zero-order valence-electron chi connectivity index (χ0n) is 11.7. The van der Waals surface area contributed by atoms with Crippen LogP contribution in [0.1, 0.15) is 45.6 Å². The minimum Gasteiger partial charge on any atom is -0.241 e. The van der Waals surface area contributed by atoms with Gasteiger partial charge in [-0.05, 0) is 35.4 Å². The third-order valence-corrected chi connectivity index (χ3v) is 3.14. The molecule has 96 valence electrons. The Kier molecular flexibility index (Phi) is 3.55. The molecule has 0 fully saturated rings. The molecule has 0 amide bonds. The Labute approximate surface area is 110 Å². The summed E-state index contributed by atoms with van der Waals surface area (Å²) in [4.78, 5) is 0. The highest BCUT2D eigenvalue weighted by Gasteiger charge is 2.19. The first-order chi connectivity index (χ1) is 8.47. The van der Waals surface area contributed by atoms with E-state index in [1.54, 1.807) is 0 Å². The average Bonchev–Trinajstić information content (AvgIpc) is 2.80. The molecule has 2 heteroatoms. The molecule has 0 aliphatic carbocycles. The van der Waals surface area contributed by atoms with Crippen molar-refractivity contribution >= 4 is 0 Å². The molecular weight excluding hydrogens is 220 g/mol. The summed E-state index contributed by atoms with van der Waals surface area (Å²) >= 11 is 0. The van der Waals surface area contributed by atoms with E-state index in [1.807, 2.05) is 23.1 Å². The minimum atomic E-state index is 0.344. The van der Waals surface area contributed by atoms with Crippen molar-refractivity contribution < 1.29 is 0 Å². The molecule has 1 atom stereocenters. The maximum atomic E-state index is 4.34. The molecule has 1 heterocycles. The van der Waals surface area contributed by atoms with Crippen LogP contribution in [0.5, 0.6) is 0 Å². The number of para-hydroxylation sites is 1. The smallest absolute Gasteiger partial charge is 0.0680 e. The summed E-state index contributed by atoms with van der Waals surface area (Å²) in [6.45, 7) is 9.17. The lowest BCUT2D eigenvalue weighted by Gasteiger charge is -2.25. The van der Waals surface area contributed by atoms with E-state index in [-0.39, 0.29) is 0 Å². The molecule has 1 aromatic heterocycles. The summed E-state index contributed by atoms with van der Waals surface area (Å²) in [5, 5.41) is 4.34. The van der Waals surface area contributed by atoms with Crippen LogP contribution in [-0.2, 0) is 0 Å². The largest absolute Gasteiger partial charge is 0.241 e. The first kappa shape index (κ1) is 12.9. The fourth-order valence-electron chi connectivity index (χ4n) is 2.55. The van der Waals surface area contributed by atoms with Gasteiger partial charge in [0.15, 0.2) is 0 Å². The second-order valence-corrected chi connectivity index (χ2v) is 6.18. The van der Waals surface area contributed by atoms with Crippen molar-refractivity contribution in [2.75, 3.05) is 0 Å². The van der Waals surface area contributed by atoms with Gasteiger partial charge in [0.1, 0.15) is 0 Å². The van der Waals surface area contributed by atoms with Gasteiger partial charge in [-0.2, -0.15) is 5.10 Å². The monoisotopic (exact) mass is 242 g/mol. The Morgan fingerprint density at radius 3 is 2.50 bits per heavy atom. The van der Waals surface area contributed by atoms with E-state index >= 15 is 0 Å². The maximum Gasteiger partial charge on any atom is 0.0680 e. The second kappa shape index (κ2) is 4.97. The lowest BCUT2D eigenvalue weighted by Crippen LogP contribution is -2.12. The molecule has 0 radical (unpaired) electrons. The molecule has 2 aromatic rings. The van der Waals surface area contributed by atoms with Gasteiger partial charge in [-0.1, -0.05) is 45.9 Å². The Balaban J connectivity index is 2.34. The van der Waals surface area contributed by atoms with Gasteiger partial charge in [-0.25, -0.2) is 4.68 Å². The van der Waals surface area contributed by atoms with Crippen LogP contribution in [0, 0.1) is 5.41 Å². The van der Waals surface area contributed by atoms with E-state index in [0.29, 0.717) is 11.3 Å². The van der Waals surface area contributed by atoms with Crippen molar-refractivity contribution in [1.82, 2.24) is 9.78 Å². The number of benzene rings is 1. The molecule has 0 aliphatic heterocycles. The van der Waals surface area contributed by atoms with Gasteiger partial charge in [0.2, 0.25) is 0 Å². The van der Waals surface area contributed by atoms with Gasteiger partial charge in [-0.15, -0.1) is 0 Å². The van der Waals surface area contributed by atoms with Crippen LogP contribution >= 0.6 is 0 Å². The summed E-state index contributed by atoms with van der Waals surface area (Å²) in [5.74, 6) is 0.533. The van der Waals surface area contributed by atoms with Crippen molar-refractivity contribution in [3.63, 3.8) is 0 Å². The Morgan fingerprint density at radius 1 is 1.17 bits per heavy atom. The van der Waals surface area contributed by atoms with Gasteiger partial charge < -0.3 is 0 Å². The quantitative estimate of drug-likeness (QED) is 0.779. The Morgan fingerprint density at radius 2 is 1.89 bits per heavy atom. The molecule has 0 spiro atoms. The predicted octanol–water partition coefficient (Wildman–Crippen LogP) is 4.41. The number of nitrogens with zero attached hydrogens (tertiary/aromatic N) is 2. The van der Waals surface area contributed by atoms with E-state index in [2.05, 4.69) is 57.1 Å². The molecule has 18 heavy (non-hydrogen) atoms. The highest BCUT2D eigenvalue weighted by molar-refractivity contribution is 5.42. The fraction of sp³-hybridized carbons (Fsp3) is 0.438. The minimum absolute atomic E-state index is 0.344. The fourth-order valence-corrected chi connectivity index (χ4v) is 2.55. The maximum absolute atomic E-state index is 4.34. The second-order valence-electron chi connectivity index (χ2n) is 6.18. The van der Waals surface area contributed by atoms with Crippen molar-refractivity contribution in [2.45, 2.75) is 40.0 Å². The molecule has 0 bridgehead atoms. The summed E-state index contributed by atoms with van der Waals surface area (Å²) in [6, 6.07) is 10.5. The van der Waals surface area contributed by atoms with Crippen LogP contribution in [-0.4, -0.2) is 9.78 Å². The van der Waals surface area contributed by atoms with Crippen LogP contribution in [0.2, 0.25) is 0 Å². The number of aromatic nitrogens is 2. The van der Waals surface area contributed by atoms with E-state index in [4.69, 9.17) is 0 Å². The third kappa shape index (κ3) is 3.00. The molecule has 0 saturated carbocycles. The normalized spacial score (nSPS) is 13.6. The summed E-state index contributed by atoms with van der Waals surface area (Å²) in [6.07, 6.45) is 5.00. The molecule has 2 rings (SSSR count). The van der Waals surface area contributed by atoms with Crippen LogP contribution in [0.4, 0.5) is 0 Å². The summed E-state index contributed by atoms with van der Waals surface area (Å²) in [5.41, 5.74) is 2.91. The number of hydrogen-bond donors (Lipinski definition) is 0. The number of hydrogen-bond acceptors (Lipinski definition) is 1.